The number of allylic oxidation sites excluding steroid dienone is 4. The minimum absolute atomic E-state index is 0.921. The summed E-state index contributed by atoms with van der Waals surface area (Å²) in [6.45, 7) is 6.84. The van der Waals surface area contributed by atoms with E-state index in [-0.39, 0.29) is 0 Å². The second-order valence-electron chi connectivity index (χ2n) is 17.9. The highest BCUT2D eigenvalue weighted by atomic mass is 15.2. The van der Waals surface area contributed by atoms with Crippen molar-refractivity contribution in [1.82, 2.24) is 0 Å². The van der Waals surface area contributed by atoms with Crippen LogP contribution in [0.3, 0.4) is 0 Å². The standard InChI is InChI=1S/C56H90N2/c1-4-7-10-12-14-15-16-17-18-19-20-21-22-23-24-25-26-27-28-29-30-31-32-33-35-36-43-51-44-38-39-47-54(51)56-53(45-37-34-13-11-8-5-2)49-55(58(56)57)52-46-40-42-50(48-52)41-9-6-3/h33,35,38-40,42,44,46-49H,4-32,34,36-37,41,43,45H2,1-3H3. The highest BCUT2D eigenvalue weighted by Crippen LogP contribution is 2.39. The second kappa shape index (κ2) is 34.0. The number of rotatable bonds is 38. The quantitative estimate of drug-likeness (QED) is 0.0368. The van der Waals surface area contributed by atoms with Crippen LogP contribution in [0.15, 0.2) is 72.3 Å². The van der Waals surface area contributed by atoms with Gasteiger partial charge in [-0.2, -0.15) is 0 Å². The SMILES string of the molecule is CCCCCCCCCCCCCCCCCCCCCCCCC=CCCc1ccccc1C1=C(CCCCCCCC)C=C(c2cccc(CCCC)c2)[N+]1=[N-]. The van der Waals surface area contributed by atoms with Crippen LogP contribution in [-0.4, -0.2) is 4.70 Å². The third-order valence-electron chi connectivity index (χ3n) is 12.6. The van der Waals surface area contributed by atoms with Gasteiger partial charge < -0.3 is 5.53 Å². The van der Waals surface area contributed by atoms with Crippen molar-refractivity contribution < 1.29 is 4.70 Å². The van der Waals surface area contributed by atoms with E-state index in [2.05, 4.69) is 87.5 Å². The smallest absolute Gasteiger partial charge is 0.211 e. The molecule has 1 aliphatic heterocycles. The maximum Gasteiger partial charge on any atom is 0.211 e. The first kappa shape index (κ1) is 49.6. The van der Waals surface area contributed by atoms with Gasteiger partial charge in [0.2, 0.25) is 11.4 Å². The maximum absolute atomic E-state index is 11.9. The van der Waals surface area contributed by atoms with E-state index in [1.54, 1.807) is 0 Å². The molecule has 0 saturated heterocycles. The molecule has 0 aromatic heterocycles. The fourth-order valence-electron chi connectivity index (χ4n) is 8.91. The van der Waals surface area contributed by atoms with Crippen LogP contribution in [0.1, 0.15) is 255 Å². The zero-order chi connectivity index (χ0) is 41.1. The van der Waals surface area contributed by atoms with Crippen molar-refractivity contribution in [3.05, 3.63) is 100 Å². The number of aryl methyl sites for hydroxylation is 2. The summed E-state index contributed by atoms with van der Waals surface area (Å²) in [5.41, 5.74) is 20.0. The molecule has 0 unspecified atom stereocenters. The number of nitrogens with zero attached hydrogens (tertiary/aromatic N) is 2. The molecule has 0 amide bonds. The lowest BCUT2D eigenvalue weighted by Gasteiger charge is -2.13. The molecule has 2 aromatic carbocycles. The summed E-state index contributed by atoms with van der Waals surface area (Å²) in [6.07, 6.45) is 54.1. The number of hydrogen-bond acceptors (Lipinski definition) is 0. The van der Waals surface area contributed by atoms with Gasteiger partial charge >= 0.3 is 0 Å². The van der Waals surface area contributed by atoms with Crippen LogP contribution in [-0.2, 0) is 12.8 Å². The monoisotopic (exact) mass is 791 g/mol. The zero-order valence-corrected chi connectivity index (χ0v) is 38.5. The summed E-state index contributed by atoms with van der Waals surface area (Å²) in [7, 11) is 0. The van der Waals surface area contributed by atoms with E-state index in [1.165, 1.54) is 226 Å². The fraction of sp³-hybridized carbons (Fsp3) is 0.679. The summed E-state index contributed by atoms with van der Waals surface area (Å²) in [6, 6.07) is 17.6. The molecule has 1 aliphatic rings. The van der Waals surface area contributed by atoms with Crippen molar-refractivity contribution in [2.24, 2.45) is 0 Å². The Balaban J connectivity index is 1.30. The Kier molecular flexibility index (Phi) is 29.1. The van der Waals surface area contributed by atoms with Gasteiger partial charge in [-0.05, 0) is 80.7 Å². The van der Waals surface area contributed by atoms with Crippen LogP contribution in [0.4, 0.5) is 0 Å². The molecule has 0 fully saturated rings. The molecule has 0 radical (unpaired) electrons. The van der Waals surface area contributed by atoms with Crippen LogP contribution >= 0.6 is 0 Å². The molecular formula is C56H90N2. The van der Waals surface area contributed by atoms with Crippen molar-refractivity contribution in [1.29, 1.82) is 0 Å². The first-order valence-corrected chi connectivity index (χ1v) is 25.5. The van der Waals surface area contributed by atoms with E-state index in [9.17, 15) is 5.53 Å². The molecule has 324 valence electrons. The van der Waals surface area contributed by atoms with E-state index in [1.807, 2.05) is 0 Å². The lowest BCUT2D eigenvalue weighted by atomic mass is 9.96. The molecule has 0 spiro atoms. The van der Waals surface area contributed by atoms with Crippen LogP contribution in [0.2, 0.25) is 0 Å². The Morgan fingerprint density at radius 3 is 1.48 bits per heavy atom. The van der Waals surface area contributed by atoms with Crippen LogP contribution in [0.25, 0.3) is 16.9 Å². The maximum atomic E-state index is 11.9. The Hall–Kier alpha value is -2.74. The van der Waals surface area contributed by atoms with Gasteiger partial charge in [0.25, 0.3) is 0 Å². The summed E-state index contributed by atoms with van der Waals surface area (Å²) in [4.78, 5) is 0. The highest BCUT2D eigenvalue weighted by molar-refractivity contribution is 5.79. The molecule has 0 N–H and O–H groups in total. The van der Waals surface area contributed by atoms with Crippen LogP contribution < -0.4 is 0 Å². The van der Waals surface area contributed by atoms with Gasteiger partial charge in [-0.25, -0.2) is 4.70 Å². The van der Waals surface area contributed by atoms with Gasteiger partial charge in [0.1, 0.15) is 0 Å². The van der Waals surface area contributed by atoms with Gasteiger partial charge in [-0.3, -0.25) is 0 Å². The van der Waals surface area contributed by atoms with Crippen LogP contribution in [0, 0.1) is 0 Å². The third-order valence-corrected chi connectivity index (χ3v) is 12.6. The Morgan fingerprint density at radius 1 is 0.448 bits per heavy atom. The third kappa shape index (κ3) is 21.5. The topological polar surface area (TPSA) is 25.3 Å². The number of unbranched alkanes of at least 4 members (excludes halogenated alkanes) is 28. The van der Waals surface area contributed by atoms with Gasteiger partial charge in [-0.15, -0.1) is 0 Å². The predicted octanol–water partition coefficient (Wildman–Crippen LogP) is 19.1. The summed E-state index contributed by atoms with van der Waals surface area (Å²) < 4.78 is 1.51. The molecule has 0 aliphatic carbocycles. The molecule has 2 nitrogen and oxygen atoms in total. The minimum Gasteiger partial charge on any atom is -0.493 e. The van der Waals surface area contributed by atoms with Gasteiger partial charge in [-0.1, -0.05) is 237 Å². The minimum atomic E-state index is 0.921. The number of benzene rings is 2. The molecule has 0 saturated carbocycles. The molecule has 2 heteroatoms. The molecule has 0 atom stereocenters. The first-order chi connectivity index (χ1) is 28.7. The van der Waals surface area contributed by atoms with Gasteiger partial charge in [0.15, 0.2) is 0 Å². The summed E-state index contributed by atoms with van der Waals surface area (Å²) >= 11 is 0. The average Bonchev–Trinajstić information content (AvgIpc) is 3.57. The van der Waals surface area contributed by atoms with Crippen molar-refractivity contribution in [2.75, 3.05) is 0 Å². The van der Waals surface area contributed by atoms with Gasteiger partial charge in [0.05, 0.1) is 0 Å². The van der Waals surface area contributed by atoms with Crippen molar-refractivity contribution in [3.8, 4) is 0 Å². The highest BCUT2D eigenvalue weighted by Gasteiger charge is 2.30. The zero-order valence-electron chi connectivity index (χ0n) is 38.5. The van der Waals surface area contributed by atoms with Gasteiger partial charge in [0, 0.05) is 22.8 Å². The Bertz CT molecular complexity index is 1430. The van der Waals surface area contributed by atoms with E-state index < -0.39 is 0 Å². The molecule has 1 heterocycles. The van der Waals surface area contributed by atoms with Crippen LogP contribution in [0.5, 0.6) is 0 Å². The molecule has 3 rings (SSSR count). The molecular weight excluding hydrogens is 701 g/mol. The second-order valence-corrected chi connectivity index (χ2v) is 17.9. The Morgan fingerprint density at radius 2 is 0.931 bits per heavy atom. The largest absolute Gasteiger partial charge is 0.493 e. The van der Waals surface area contributed by atoms with Crippen molar-refractivity contribution in [3.63, 3.8) is 0 Å². The molecule has 0 bridgehead atoms. The summed E-state index contributed by atoms with van der Waals surface area (Å²) in [5.74, 6) is 0. The first-order valence-electron chi connectivity index (χ1n) is 25.5. The van der Waals surface area contributed by atoms with Crippen molar-refractivity contribution in [2.45, 2.75) is 245 Å². The van der Waals surface area contributed by atoms with E-state index in [0.29, 0.717) is 0 Å². The lowest BCUT2D eigenvalue weighted by Crippen LogP contribution is -2.05. The lowest BCUT2D eigenvalue weighted by molar-refractivity contribution is -0.344. The average molecular weight is 791 g/mol. The number of hydrogen-bond donors (Lipinski definition) is 0. The van der Waals surface area contributed by atoms with E-state index >= 15 is 0 Å². The van der Waals surface area contributed by atoms with E-state index in [4.69, 9.17) is 0 Å². The Labute approximate surface area is 360 Å². The van der Waals surface area contributed by atoms with Crippen molar-refractivity contribution >= 4 is 11.4 Å². The predicted molar refractivity (Wildman–Crippen MR) is 257 cm³/mol. The molecule has 58 heavy (non-hydrogen) atoms. The summed E-state index contributed by atoms with van der Waals surface area (Å²) in [5, 5.41) is 0. The van der Waals surface area contributed by atoms with E-state index in [0.717, 1.165) is 42.6 Å². The molecule has 2 aromatic rings. The normalized spacial score (nSPS) is 13.1. The fourth-order valence-corrected chi connectivity index (χ4v) is 8.91.